The minimum Gasteiger partial charge on any atom is -0.321 e. The van der Waals surface area contributed by atoms with Gasteiger partial charge in [0.25, 0.3) is 0 Å². The van der Waals surface area contributed by atoms with E-state index in [2.05, 4.69) is 20.3 Å². The molecule has 0 amide bonds. The second-order valence-electron chi connectivity index (χ2n) is 3.31. The molecule has 0 bridgehead atoms. The number of nitrogens with one attached hydrogen (secondary N) is 1. The Morgan fingerprint density at radius 1 is 1.12 bits per heavy atom. The Balaban J connectivity index is 2.31. The van der Waals surface area contributed by atoms with Crippen LogP contribution in [0.1, 0.15) is 5.56 Å². The number of hydrogen-bond acceptors (Lipinski definition) is 4. The summed E-state index contributed by atoms with van der Waals surface area (Å²) in [5.74, 6) is -0.310. The third kappa shape index (κ3) is 3.01. The summed E-state index contributed by atoms with van der Waals surface area (Å²) >= 11 is 11.2. The first-order chi connectivity index (χ1) is 8.04. The Labute approximate surface area is 107 Å². The number of aryl methyl sites for hydroxylation is 1. The summed E-state index contributed by atoms with van der Waals surface area (Å²) < 4.78 is 13.5. The standard InChI is InChI=1S/C10H7Cl2FN4/c1-5-2-3-7(6(13)4-5)14-10-16-8(11)15-9(12)17-10/h2-4H,1H3,(H,14,15,16,17). The van der Waals surface area contributed by atoms with Gasteiger partial charge in [-0.25, -0.2) is 4.39 Å². The molecule has 4 nitrogen and oxygen atoms in total. The fourth-order valence-corrected chi connectivity index (χ4v) is 1.59. The van der Waals surface area contributed by atoms with Crippen molar-refractivity contribution in [3.63, 3.8) is 0 Å². The number of aromatic nitrogens is 3. The lowest BCUT2D eigenvalue weighted by atomic mass is 10.2. The highest BCUT2D eigenvalue weighted by Crippen LogP contribution is 2.19. The summed E-state index contributed by atoms with van der Waals surface area (Å²) in [6.07, 6.45) is 0. The Bertz CT molecular complexity index is 542. The minimum absolute atomic E-state index is 0.0555. The Morgan fingerprint density at radius 3 is 2.35 bits per heavy atom. The summed E-state index contributed by atoms with van der Waals surface area (Å²) in [4.78, 5) is 11.1. The number of nitrogens with zero attached hydrogens (tertiary/aromatic N) is 3. The van der Waals surface area contributed by atoms with Crippen molar-refractivity contribution in [2.75, 3.05) is 5.32 Å². The molecule has 0 saturated heterocycles. The lowest BCUT2D eigenvalue weighted by Crippen LogP contribution is -2.01. The smallest absolute Gasteiger partial charge is 0.232 e. The first kappa shape index (κ1) is 12.0. The van der Waals surface area contributed by atoms with Crippen LogP contribution in [0.4, 0.5) is 16.0 Å². The molecule has 2 aromatic rings. The molecule has 0 unspecified atom stereocenters. The Kier molecular flexibility index (Phi) is 3.40. The molecule has 1 N–H and O–H groups in total. The van der Waals surface area contributed by atoms with Crippen LogP contribution in [-0.4, -0.2) is 15.0 Å². The van der Waals surface area contributed by atoms with Crippen molar-refractivity contribution in [3.8, 4) is 0 Å². The van der Waals surface area contributed by atoms with E-state index < -0.39 is 5.82 Å². The topological polar surface area (TPSA) is 50.7 Å². The molecule has 0 atom stereocenters. The van der Waals surface area contributed by atoms with Crippen LogP contribution in [-0.2, 0) is 0 Å². The molecule has 1 aromatic carbocycles. The van der Waals surface area contributed by atoms with E-state index in [4.69, 9.17) is 23.2 Å². The lowest BCUT2D eigenvalue weighted by molar-refractivity contribution is 0.630. The van der Waals surface area contributed by atoms with E-state index in [1.54, 1.807) is 19.1 Å². The van der Waals surface area contributed by atoms with Crippen LogP contribution in [0.2, 0.25) is 10.6 Å². The number of benzene rings is 1. The van der Waals surface area contributed by atoms with Crippen molar-refractivity contribution in [2.24, 2.45) is 0 Å². The monoisotopic (exact) mass is 272 g/mol. The van der Waals surface area contributed by atoms with Crippen molar-refractivity contribution < 1.29 is 4.39 Å². The Morgan fingerprint density at radius 2 is 1.76 bits per heavy atom. The predicted molar refractivity (Wildman–Crippen MR) is 64.3 cm³/mol. The van der Waals surface area contributed by atoms with Gasteiger partial charge in [-0.3, -0.25) is 0 Å². The predicted octanol–water partition coefficient (Wildman–Crippen LogP) is 3.37. The Hall–Kier alpha value is -1.46. The van der Waals surface area contributed by atoms with E-state index >= 15 is 0 Å². The first-order valence-electron chi connectivity index (χ1n) is 4.65. The molecule has 0 aliphatic carbocycles. The van der Waals surface area contributed by atoms with Crippen LogP contribution in [0.15, 0.2) is 18.2 Å². The summed E-state index contributed by atoms with van der Waals surface area (Å²) in [5, 5.41) is 2.56. The van der Waals surface area contributed by atoms with Crippen LogP contribution in [0.3, 0.4) is 0 Å². The molecular formula is C10H7Cl2FN4. The zero-order valence-electron chi connectivity index (χ0n) is 8.71. The van der Waals surface area contributed by atoms with Crippen LogP contribution in [0, 0.1) is 12.7 Å². The van der Waals surface area contributed by atoms with Crippen LogP contribution in [0.25, 0.3) is 0 Å². The zero-order valence-corrected chi connectivity index (χ0v) is 10.2. The highest BCUT2D eigenvalue weighted by Gasteiger charge is 2.07. The van der Waals surface area contributed by atoms with Gasteiger partial charge in [0.15, 0.2) is 0 Å². The molecule has 0 radical (unpaired) electrons. The van der Waals surface area contributed by atoms with Gasteiger partial charge in [-0.15, -0.1) is 0 Å². The molecule has 0 fully saturated rings. The third-order valence-electron chi connectivity index (χ3n) is 1.95. The average molecular weight is 273 g/mol. The third-order valence-corrected chi connectivity index (χ3v) is 2.29. The molecule has 0 aliphatic rings. The van der Waals surface area contributed by atoms with Crippen LogP contribution >= 0.6 is 23.2 Å². The van der Waals surface area contributed by atoms with E-state index in [1.165, 1.54) is 6.07 Å². The van der Waals surface area contributed by atoms with E-state index in [9.17, 15) is 4.39 Å². The second kappa shape index (κ2) is 4.81. The number of hydrogen-bond donors (Lipinski definition) is 1. The van der Waals surface area contributed by atoms with Gasteiger partial charge in [-0.1, -0.05) is 6.07 Å². The van der Waals surface area contributed by atoms with Gasteiger partial charge in [0.1, 0.15) is 5.82 Å². The minimum atomic E-state index is -0.405. The summed E-state index contributed by atoms with van der Waals surface area (Å²) in [6, 6.07) is 4.73. The molecular weight excluding hydrogens is 266 g/mol. The van der Waals surface area contributed by atoms with Gasteiger partial charge in [-0.05, 0) is 47.8 Å². The van der Waals surface area contributed by atoms with Crippen molar-refractivity contribution in [1.29, 1.82) is 0 Å². The van der Waals surface area contributed by atoms with Crippen LogP contribution in [0.5, 0.6) is 0 Å². The fraction of sp³-hybridized carbons (Fsp3) is 0.100. The lowest BCUT2D eigenvalue weighted by Gasteiger charge is -2.06. The average Bonchev–Trinajstić information content (AvgIpc) is 2.21. The molecule has 0 spiro atoms. The van der Waals surface area contributed by atoms with E-state index in [0.29, 0.717) is 0 Å². The highest BCUT2D eigenvalue weighted by atomic mass is 35.5. The van der Waals surface area contributed by atoms with Gasteiger partial charge >= 0.3 is 0 Å². The van der Waals surface area contributed by atoms with E-state index in [0.717, 1.165) is 5.56 Å². The second-order valence-corrected chi connectivity index (χ2v) is 3.98. The van der Waals surface area contributed by atoms with Crippen molar-refractivity contribution in [3.05, 3.63) is 40.1 Å². The van der Waals surface area contributed by atoms with Crippen molar-refractivity contribution >= 4 is 34.8 Å². The summed E-state index contributed by atoms with van der Waals surface area (Å²) in [6.45, 7) is 1.80. The van der Waals surface area contributed by atoms with Crippen LogP contribution < -0.4 is 5.32 Å². The van der Waals surface area contributed by atoms with Gasteiger partial charge in [0.05, 0.1) is 5.69 Å². The normalized spacial score (nSPS) is 10.4. The number of anilines is 2. The molecule has 0 saturated carbocycles. The molecule has 88 valence electrons. The first-order valence-corrected chi connectivity index (χ1v) is 5.40. The molecule has 1 aromatic heterocycles. The van der Waals surface area contributed by atoms with Gasteiger partial charge in [-0.2, -0.15) is 15.0 Å². The van der Waals surface area contributed by atoms with E-state index in [-0.39, 0.29) is 22.2 Å². The largest absolute Gasteiger partial charge is 0.321 e. The molecule has 2 rings (SSSR count). The summed E-state index contributed by atoms with van der Waals surface area (Å²) in [7, 11) is 0. The van der Waals surface area contributed by atoms with Gasteiger partial charge in [0.2, 0.25) is 16.5 Å². The quantitative estimate of drug-likeness (QED) is 0.911. The maximum Gasteiger partial charge on any atom is 0.232 e. The van der Waals surface area contributed by atoms with Gasteiger partial charge < -0.3 is 5.32 Å². The van der Waals surface area contributed by atoms with Gasteiger partial charge in [0, 0.05) is 0 Å². The molecule has 1 heterocycles. The summed E-state index contributed by atoms with van der Waals surface area (Å²) in [5.41, 5.74) is 1.06. The molecule has 7 heteroatoms. The maximum absolute atomic E-state index is 13.5. The maximum atomic E-state index is 13.5. The molecule has 0 aliphatic heterocycles. The number of halogens is 3. The fourth-order valence-electron chi connectivity index (χ4n) is 1.22. The van der Waals surface area contributed by atoms with Crippen molar-refractivity contribution in [1.82, 2.24) is 15.0 Å². The SMILES string of the molecule is Cc1ccc(Nc2nc(Cl)nc(Cl)n2)c(F)c1. The van der Waals surface area contributed by atoms with Crippen molar-refractivity contribution in [2.45, 2.75) is 6.92 Å². The number of rotatable bonds is 2. The van der Waals surface area contributed by atoms with E-state index in [1.807, 2.05) is 0 Å². The zero-order chi connectivity index (χ0) is 12.4. The molecule has 17 heavy (non-hydrogen) atoms. The highest BCUT2D eigenvalue weighted by molar-refractivity contribution is 6.31.